The second-order valence-electron chi connectivity index (χ2n) is 9.49. The maximum atomic E-state index is 13.4. The molecule has 2 N–H and O–H groups in total. The van der Waals surface area contributed by atoms with Crippen molar-refractivity contribution in [1.82, 2.24) is 29.3 Å². The number of fused-ring (bicyclic) bond motifs is 2. The van der Waals surface area contributed by atoms with E-state index in [4.69, 9.17) is 9.47 Å². The summed E-state index contributed by atoms with van der Waals surface area (Å²) in [4.78, 5) is 24.6. The molecular weight excluding hydrogens is 460 g/mol. The Bertz CT molecular complexity index is 1430. The summed E-state index contributed by atoms with van der Waals surface area (Å²) in [6, 6.07) is 6.97. The lowest BCUT2D eigenvalue weighted by Crippen LogP contribution is -2.43. The topological polar surface area (TPSA) is 110 Å². The standard InChI is InChI=1S/C25H30N8O3/c1-15-13-32-14-21(29-25(36-3)23(32)26-15)28-24(34)19-7-6-18(20-12-22(35-2)30-33(19)20)31-10-8-17(9-11-31)27-16-4-5-16/h6-7,12-14,16-17,27H,4-5,8-11H2,1-3H3,(H,28,34). The summed E-state index contributed by atoms with van der Waals surface area (Å²) in [6.45, 7) is 3.79. The van der Waals surface area contributed by atoms with E-state index >= 15 is 0 Å². The van der Waals surface area contributed by atoms with Crippen molar-refractivity contribution < 1.29 is 14.3 Å². The summed E-state index contributed by atoms with van der Waals surface area (Å²) in [5.41, 5.74) is 3.67. The molecule has 0 aromatic carbocycles. The number of hydrogen-bond acceptors (Lipinski definition) is 8. The molecule has 1 aliphatic heterocycles. The Kier molecular flexibility index (Phi) is 5.63. The van der Waals surface area contributed by atoms with Crippen molar-refractivity contribution in [1.29, 1.82) is 0 Å². The Hall–Kier alpha value is -3.86. The molecule has 1 saturated carbocycles. The number of aromatic nitrogens is 5. The van der Waals surface area contributed by atoms with Crippen molar-refractivity contribution in [3.8, 4) is 11.8 Å². The van der Waals surface area contributed by atoms with Gasteiger partial charge in [0, 0.05) is 37.4 Å². The fourth-order valence-electron chi connectivity index (χ4n) is 4.92. The van der Waals surface area contributed by atoms with E-state index < -0.39 is 0 Å². The molecule has 4 aromatic heterocycles. The molecule has 0 spiro atoms. The van der Waals surface area contributed by atoms with E-state index in [-0.39, 0.29) is 5.91 Å². The average Bonchev–Trinajstić information content (AvgIpc) is 3.45. The fourth-order valence-corrected chi connectivity index (χ4v) is 4.92. The quantitative estimate of drug-likeness (QED) is 0.407. The molecule has 36 heavy (non-hydrogen) atoms. The van der Waals surface area contributed by atoms with Crippen LogP contribution in [0.15, 0.2) is 30.6 Å². The molecular formula is C25H30N8O3. The lowest BCUT2D eigenvalue weighted by atomic mass is 10.0. The minimum absolute atomic E-state index is 0.335. The first kappa shape index (κ1) is 22.6. The van der Waals surface area contributed by atoms with Crippen LogP contribution in [-0.2, 0) is 0 Å². The molecule has 2 fully saturated rings. The number of nitrogens with zero attached hydrogens (tertiary/aromatic N) is 6. The Balaban J connectivity index is 1.28. The van der Waals surface area contributed by atoms with Crippen molar-refractivity contribution in [2.24, 2.45) is 0 Å². The van der Waals surface area contributed by atoms with Crippen LogP contribution in [0.1, 0.15) is 41.9 Å². The van der Waals surface area contributed by atoms with Crippen LogP contribution >= 0.6 is 0 Å². The number of ether oxygens (including phenoxy) is 2. The molecule has 0 bridgehead atoms. The molecule has 0 atom stereocenters. The lowest BCUT2D eigenvalue weighted by molar-refractivity contribution is 0.101. The molecule has 1 saturated heterocycles. The van der Waals surface area contributed by atoms with Gasteiger partial charge in [0.2, 0.25) is 11.5 Å². The molecule has 2 aliphatic rings. The number of imidazole rings is 1. The maximum Gasteiger partial charge on any atom is 0.275 e. The van der Waals surface area contributed by atoms with Crippen molar-refractivity contribution in [3.05, 3.63) is 42.0 Å². The van der Waals surface area contributed by atoms with Gasteiger partial charge in [-0.25, -0.2) is 9.50 Å². The first-order chi connectivity index (χ1) is 17.5. The first-order valence-electron chi connectivity index (χ1n) is 12.3. The summed E-state index contributed by atoms with van der Waals surface area (Å²) >= 11 is 0. The van der Waals surface area contributed by atoms with Gasteiger partial charge in [0.15, 0.2) is 5.82 Å². The van der Waals surface area contributed by atoms with Crippen LogP contribution in [0.25, 0.3) is 11.2 Å². The second kappa shape index (κ2) is 8.98. The largest absolute Gasteiger partial charge is 0.480 e. The van der Waals surface area contributed by atoms with Gasteiger partial charge < -0.3 is 25.0 Å². The zero-order valence-electron chi connectivity index (χ0n) is 20.7. The maximum absolute atomic E-state index is 13.4. The van der Waals surface area contributed by atoms with Gasteiger partial charge in [0.25, 0.3) is 11.8 Å². The summed E-state index contributed by atoms with van der Waals surface area (Å²) < 4.78 is 14.2. The number of hydrogen-bond donors (Lipinski definition) is 2. The Labute approximate surface area is 208 Å². The highest BCUT2D eigenvalue weighted by molar-refractivity contribution is 6.03. The zero-order valence-corrected chi connectivity index (χ0v) is 20.7. The average molecular weight is 491 g/mol. The highest BCUT2D eigenvalue weighted by Crippen LogP contribution is 2.30. The third-order valence-electron chi connectivity index (χ3n) is 6.87. The Morgan fingerprint density at radius 3 is 2.53 bits per heavy atom. The third kappa shape index (κ3) is 4.19. The first-order valence-corrected chi connectivity index (χ1v) is 12.3. The second-order valence-corrected chi connectivity index (χ2v) is 9.49. The summed E-state index contributed by atoms with van der Waals surface area (Å²) in [5, 5.41) is 11.2. The summed E-state index contributed by atoms with van der Waals surface area (Å²) in [6.07, 6.45) is 8.37. The van der Waals surface area contributed by atoms with E-state index in [0.717, 1.165) is 48.9 Å². The van der Waals surface area contributed by atoms with Gasteiger partial charge in [-0.15, -0.1) is 5.10 Å². The summed E-state index contributed by atoms with van der Waals surface area (Å²) in [5.74, 6) is 0.803. The van der Waals surface area contributed by atoms with Gasteiger partial charge >= 0.3 is 0 Å². The molecule has 11 nitrogen and oxygen atoms in total. The lowest BCUT2D eigenvalue weighted by Gasteiger charge is -2.34. The highest BCUT2D eigenvalue weighted by atomic mass is 16.5. The minimum Gasteiger partial charge on any atom is -0.480 e. The van der Waals surface area contributed by atoms with E-state index in [9.17, 15) is 4.79 Å². The third-order valence-corrected chi connectivity index (χ3v) is 6.87. The van der Waals surface area contributed by atoms with Crippen molar-refractivity contribution in [2.75, 3.05) is 37.5 Å². The van der Waals surface area contributed by atoms with Gasteiger partial charge in [0.1, 0.15) is 5.69 Å². The molecule has 1 aliphatic carbocycles. The van der Waals surface area contributed by atoms with Gasteiger partial charge in [-0.2, -0.15) is 4.98 Å². The number of carbonyl (C=O) groups is 1. The normalized spacial score (nSPS) is 16.6. The molecule has 6 rings (SSSR count). The Morgan fingerprint density at radius 1 is 1.03 bits per heavy atom. The number of carbonyl (C=O) groups excluding carboxylic acids is 1. The van der Waals surface area contributed by atoms with Crippen molar-refractivity contribution in [2.45, 2.75) is 44.7 Å². The molecule has 4 aromatic rings. The molecule has 0 unspecified atom stereocenters. The number of pyridine rings is 1. The molecule has 0 radical (unpaired) electrons. The van der Waals surface area contributed by atoms with Crippen LogP contribution in [-0.4, -0.2) is 69.3 Å². The predicted octanol–water partition coefficient (Wildman–Crippen LogP) is 2.68. The van der Waals surface area contributed by atoms with E-state index in [0.29, 0.717) is 35.0 Å². The van der Waals surface area contributed by atoms with Crippen molar-refractivity contribution in [3.63, 3.8) is 0 Å². The Morgan fingerprint density at radius 2 is 1.81 bits per heavy atom. The predicted molar refractivity (Wildman–Crippen MR) is 135 cm³/mol. The van der Waals surface area contributed by atoms with Crippen LogP contribution in [0.3, 0.4) is 0 Å². The summed E-state index contributed by atoms with van der Waals surface area (Å²) in [7, 11) is 3.11. The SMILES string of the molecule is COc1cc2c(N3CCC(NC4CC4)CC3)ccc(C(=O)Nc3cn4cc(C)nc4c(OC)n3)n2n1. The van der Waals surface area contributed by atoms with Crippen LogP contribution in [0.5, 0.6) is 11.8 Å². The number of amides is 1. The number of anilines is 2. The van der Waals surface area contributed by atoms with Crippen LogP contribution in [0.4, 0.5) is 11.5 Å². The van der Waals surface area contributed by atoms with Gasteiger partial charge in [0.05, 0.1) is 37.3 Å². The molecule has 11 heteroatoms. The zero-order chi connectivity index (χ0) is 24.8. The molecule has 5 heterocycles. The van der Waals surface area contributed by atoms with E-state index in [1.165, 1.54) is 20.0 Å². The van der Waals surface area contributed by atoms with Gasteiger partial charge in [-0.3, -0.25) is 9.20 Å². The molecule has 188 valence electrons. The van der Waals surface area contributed by atoms with E-state index in [1.807, 2.05) is 25.3 Å². The van der Waals surface area contributed by atoms with E-state index in [2.05, 4.69) is 30.6 Å². The van der Waals surface area contributed by atoms with Crippen LogP contribution in [0, 0.1) is 6.92 Å². The highest BCUT2D eigenvalue weighted by Gasteiger charge is 2.28. The number of rotatable bonds is 7. The number of piperidine rings is 1. The van der Waals surface area contributed by atoms with Gasteiger partial charge in [-0.1, -0.05) is 0 Å². The van der Waals surface area contributed by atoms with Crippen LogP contribution < -0.4 is 25.0 Å². The van der Waals surface area contributed by atoms with Gasteiger partial charge in [-0.05, 0) is 44.7 Å². The number of aryl methyl sites for hydroxylation is 1. The van der Waals surface area contributed by atoms with Crippen LogP contribution in [0.2, 0.25) is 0 Å². The number of methoxy groups -OCH3 is 2. The number of nitrogens with one attached hydrogen (secondary N) is 2. The van der Waals surface area contributed by atoms with E-state index in [1.54, 1.807) is 28.3 Å². The fraction of sp³-hybridized carbons (Fsp3) is 0.440. The minimum atomic E-state index is -0.338. The smallest absolute Gasteiger partial charge is 0.275 e. The monoisotopic (exact) mass is 490 g/mol. The van der Waals surface area contributed by atoms with Crippen molar-refractivity contribution >= 4 is 28.6 Å². The molecule has 1 amide bonds.